The van der Waals surface area contributed by atoms with Crippen LogP contribution >= 0.6 is 0 Å². The summed E-state index contributed by atoms with van der Waals surface area (Å²) < 4.78 is 0. The molecule has 1 saturated heterocycles. The molecule has 3 heterocycles. The minimum atomic E-state index is -0.715. The van der Waals surface area contributed by atoms with Gasteiger partial charge in [0, 0.05) is 19.8 Å². The highest BCUT2D eigenvalue weighted by Gasteiger charge is 2.38. The number of fused-ring (bicyclic) bond motifs is 1. The van der Waals surface area contributed by atoms with Crippen LogP contribution in [0.1, 0.15) is 13.3 Å². The third kappa shape index (κ3) is 2.06. The molecule has 2 aromatic rings. The molecule has 1 fully saturated rings. The summed E-state index contributed by atoms with van der Waals surface area (Å²) in [6, 6.07) is 1.96. The van der Waals surface area contributed by atoms with E-state index in [2.05, 4.69) is 20.3 Å². The van der Waals surface area contributed by atoms with E-state index in [4.69, 9.17) is 0 Å². The molecule has 0 amide bonds. The minimum Gasteiger partial charge on any atom is -0.388 e. The summed E-state index contributed by atoms with van der Waals surface area (Å²) in [7, 11) is 1.97. The fourth-order valence-electron chi connectivity index (χ4n) is 2.81. The van der Waals surface area contributed by atoms with Crippen molar-refractivity contribution in [2.45, 2.75) is 25.0 Å². The van der Waals surface area contributed by atoms with Crippen molar-refractivity contribution < 1.29 is 5.11 Å². The van der Waals surface area contributed by atoms with Crippen LogP contribution in [0.3, 0.4) is 0 Å². The molecule has 19 heavy (non-hydrogen) atoms. The van der Waals surface area contributed by atoms with Crippen molar-refractivity contribution in [3.8, 4) is 0 Å². The summed E-state index contributed by atoms with van der Waals surface area (Å²) in [4.78, 5) is 13.7. The van der Waals surface area contributed by atoms with Crippen LogP contribution in [-0.2, 0) is 0 Å². The van der Waals surface area contributed by atoms with Crippen LogP contribution in [0.5, 0.6) is 0 Å². The molecule has 0 radical (unpaired) electrons. The zero-order chi connectivity index (χ0) is 13.5. The van der Waals surface area contributed by atoms with Crippen molar-refractivity contribution in [3.05, 3.63) is 18.6 Å². The Morgan fingerprint density at radius 1 is 1.47 bits per heavy atom. The lowest BCUT2D eigenvalue weighted by molar-refractivity contribution is 0.00901. The molecule has 2 unspecified atom stereocenters. The van der Waals surface area contributed by atoms with Gasteiger partial charge in [-0.25, -0.2) is 9.97 Å². The van der Waals surface area contributed by atoms with E-state index in [1.54, 1.807) is 6.33 Å². The molecule has 1 aliphatic heterocycles. The number of aliphatic hydroxyl groups is 1. The molecule has 6 nitrogen and oxygen atoms in total. The topological polar surface area (TPSA) is 77.1 Å². The average molecular weight is 261 g/mol. The maximum absolute atomic E-state index is 10.6. The molecule has 3 N–H and O–H groups in total. The summed E-state index contributed by atoms with van der Waals surface area (Å²) >= 11 is 0. The van der Waals surface area contributed by atoms with Crippen molar-refractivity contribution in [1.82, 2.24) is 20.3 Å². The minimum absolute atomic E-state index is 0.00532. The Hall–Kier alpha value is -1.66. The number of rotatable bonds is 2. The van der Waals surface area contributed by atoms with Crippen molar-refractivity contribution in [2.75, 3.05) is 25.0 Å². The Morgan fingerprint density at radius 3 is 3.11 bits per heavy atom. The van der Waals surface area contributed by atoms with E-state index in [9.17, 15) is 5.11 Å². The van der Waals surface area contributed by atoms with Crippen LogP contribution in [0, 0.1) is 0 Å². The second-order valence-corrected chi connectivity index (χ2v) is 5.38. The number of hydrogen-bond donors (Lipinski definition) is 3. The molecule has 3 rings (SSSR count). The lowest BCUT2D eigenvalue weighted by Crippen LogP contribution is -2.59. The van der Waals surface area contributed by atoms with Gasteiger partial charge in [0.15, 0.2) is 0 Å². The molecule has 0 aliphatic carbocycles. The first-order chi connectivity index (χ1) is 9.09. The first-order valence-corrected chi connectivity index (χ1v) is 6.53. The Kier molecular flexibility index (Phi) is 2.91. The van der Waals surface area contributed by atoms with Gasteiger partial charge in [-0.3, -0.25) is 0 Å². The molecule has 2 aromatic heterocycles. The lowest BCUT2D eigenvalue weighted by Gasteiger charge is -2.43. The summed E-state index contributed by atoms with van der Waals surface area (Å²) in [5.41, 5.74) is 0.105. The number of nitrogens with one attached hydrogen (secondary N) is 2. The normalized spacial score (nSPS) is 27.6. The first-order valence-electron chi connectivity index (χ1n) is 6.53. The Morgan fingerprint density at radius 2 is 2.32 bits per heavy atom. The van der Waals surface area contributed by atoms with Gasteiger partial charge in [0.1, 0.15) is 17.8 Å². The summed E-state index contributed by atoms with van der Waals surface area (Å²) in [5, 5.41) is 14.9. The average Bonchev–Trinajstić information content (AvgIpc) is 2.85. The highest BCUT2D eigenvalue weighted by Crippen LogP contribution is 2.28. The van der Waals surface area contributed by atoms with Crippen LogP contribution < -0.4 is 10.2 Å². The molecular formula is C13H19N5O. The maximum atomic E-state index is 10.6. The zero-order valence-corrected chi connectivity index (χ0v) is 11.2. The lowest BCUT2D eigenvalue weighted by atomic mass is 9.88. The number of piperidine rings is 1. The van der Waals surface area contributed by atoms with Gasteiger partial charge in [0.05, 0.1) is 17.0 Å². The van der Waals surface area contributed by atoms with E-state index in [-0.39, 0.29) is 6.04 Å². The number of aromatic nitrogens is 3. The smallest absolute Gasteiger partial charge is 0.142 e. The third-order valence-electron chi connectivity index (χ3n) is 4.00. The zero-order valence-electron chi connectivity index (χ0n) is 11.2. The van der Waals surface area contributed by atoms with Gasteiger partial charge in [-0.1, -0.05) is 0 Å². The number of nitrogens with zero attached hydrogens (tertiary/aromatic N) is 3. The van der Waals surface area contributed by atoms with Gasteiger partial charge >= 0.3 is 0 Å². The van der Waals surface area contributed by atoms with Crippen molar-refractivity contribution in [1.29, 1.82) is 0 Å². The van der Waals surface area contributed by atoms with Gasteiger partial charge in [-0.15, -0.1) is 0 Å². The van der Waals surface area contributed by atoms with Gasteiger partial charge in [-0.05, 0) is 26.0 Å². The largest absolute Gasteiger partial charge is 0.388 e. The molecular weight excluding hydrogens is 242 g/mol. The van der Waals surface area contributed by atoms with E-state index in [1.807, 2.05) is 31.1 Å². The first kappa shape index (κ1) is 12.4. The van der Waals surface area contributed by atoms with Crippen molar-refractivity contribution in [3.63, 3.8) is 0 Å². The van der Waals surface area contributed by atoms with E-state index in [1.165, 1.54) is 0 Å². The van der Waals surface area contributed by atoms with Gasteiger partial charge in [0.2, 0.25) is 0 Å². The molecule has 0 saturated carbocycles. The SMILES string of the molecule is CN(c1ncnc2[nH]ccc12)C1CNCCC1(C)O. The molecule has 102 valence electrons. The van der Waals surface area contributed by atoms with E-state index >= 15 is 0 Å². The fourth-order valence-corrected chi connectivity index (χ4v) is 2.81. The molecule has 1 aliphatic rings. The second-order valence-electron chi connectivity index (χ2n) is 5.38. The van der Waals surface area contributed by atoms with Gasteiger partial charge in [0.25, 0.3) is 0 Å². The van der Waals surface area contributed by atoms with Crippen molar-refractivity contribution in [2.24, 2.45) is 0 Å². The van der Waals surface area contributed by atoms with Crippen molar-refractivity contribution >= 4 is 16.9 Å². The Bertz CT molecular complexity index is 579. The number of hydrogen-bond acceptors (Lipinski definition) is 5. The Balaban J connectivity index is 1.99. The highest BCUT2D eigenvalue weighted by atomic mass is 16.3. The number of anilines is 1. The van der Waals surface area contributed by atoms with Gasteiger partial charge in [-0.2, -0.15) is 0 Å². The molecule has 0 aromatic carbocycles. The number of likely N-dealkylation sites (N-methyl/N-ethyl adjacent to an activating group) is 1. The summed E-state index contributed by atoms with van der Waals surface area (Å²) in [6.07, 6.45) is 4.15. The van der Waals surface area contributed by atoms with E-state index < -0.39 is 5.60 Å². The number of H-pyrrole nitrogens is 1. The van der Waals surface area contributed by atoms with E-state index in [0.717, 1.165) is 36.4 Å². The molecule has 0 bridgehead atoms. The van der Waals surface area contributed by atoms with Gasteiger partial charge < -0.3 is 20.3 Å². The predicted molar refractivity (Wildman–Crippen MR) is 74.2 cm³/mol. The molecule has 0 spiro atoms. The predicted octanol–water partition coefficient (Wildman–Crippen LogP) is 0.507. The summed E-state index contributed by atoms with van der Waals surface area (Å²) in [6.45, 7) is 3.49. The maximum Gasteiger partial charge on any atom is 0.142 e. The van der Waals surface area contributed by atoms with Crippen LogP contribution in [0.15, 0.2) is 18.6 Å². The third-order valence-corrected chi connectivity index (χ3v) is 4.00. The number of aromatic amines is 1. The van der Waals surface area contributed by atoms with Crippen LogP contribution in [0.2, 0.25) is 0 Å². The summed E-state index contributed by atoms with van der Waals surface area (Å²) in [5.74, 6) is 0.847. The highest BCUT2D eigenvalue weighted by molar-refractivity contribution is 5.87. The Labute approximate surface area is 111 Å². The van der Waals surface area contributed by atoms with Crippen LogP contribution in [0.4, 0.5) is 5.82 Å². The fraction of sp³-hybridized carbons (Fsp3) is 0.538. The quantitative estimate of drug-likeness (QED) is 0.734. The van der Waals surface area contributed by atoms with E-state index in [0.29, 0.717) is 0 Å². The standard InChI is InChI=1S/C13H19N5O/c1-13(19)4-6-14-7-10(13)18(2)12-9-3-5-15-11(9)16-8-17-12/h3,5,8,10,14,19H,4,6-7H2,1-2H3,(H,15,16,17). The van der Waals surface area contributed by atoms with Crippen LogP contribution in [-0.4, -0.2) is 51.8 Å². The van der Waals surface area contributed by atoms with Crippen LogP contribution in [0.25, 0.3) is 11.0 Å². The second kappa shape index (κ2) is 4.47. The monoisotopic (exact) mass is 261 g/mol. The molecule has 6 heteroatoms. The molecule has 2 atom stereocenters.